The molecule has 0 aromatic carbocycles. The highest BCUT2D eigenvalue weighted by Gasteiger charge is 2.33. The van der Waals surface area contributed by atoms with Crippen molar-refractivity contribution in [2.45, 2.75) is 96.4 Å². The SMILES string of the molecule is CC(C)NC(=O)O[C@@H]1CC[C@H](c2cc(NC3CCN(S(C)(=O)=O)CC3)n(C(C)(C)C)n2)C1. The van der Waals surface area contributed by atoms with Crippen molar-refractivity contribution in [1.82, 2.24) is 19.4 Å². The molecular formula is C22H39N5O4S. The van der Waals surface area contributed by atoms with E-state index in [1.54, 1.807) is 4.31 Å². The first-order valence-corrected chi connectivity index (χ1v) is 13.5. The molecule has 32 heavy (non-hydrogen) atoms. The zero-order valence-electron chi connectivity index (χ0n) is 20.2. The van der Waals surface area contributed by atoms with Gasteiger partial charge in [0.1, 0.15) is 11.9 Å². The molecule has 182 valence electrons. The molecule has 1 aliphatic carbocycles. The van der Waals surface area contributed by atoms with Crippen LogP contribution in [-0.4, -0.2) is 66.1 Å². The highest BCUT2D eigenvalue weighted by atomic mass is 32.2. The molecule has 3 rings (SSSR count). The van der Waals surface area contributed by atoms with Gasteiger partial charge in [0.05, 0.1) is 17.5 Å². The first kappa shape index (κ1) is 24.8. The summed E-state index contributed by atoms with van der Waals surface area (Å²) in [6.07, 6.45) is 4.91. The second kappa shape index (κ2) is 9.59. The lowest BCUT2D eigenvalue weighted by Crippen LogP contribution is -2.42. The number of carbonyl (C=O) groups excluding carboxylic acids is 1. The summed E-state index contributed by atoms with van der Waals surface area (Å²) in [5.74, 6) is 1.22. The van der Waals surface area contributed by atoms with Gasteiger partial charge in [-0.2, -0.15) is 5.10 Å². The number of rotatable bonds is 6. The molecule has 2 aliphatic rings. The Kier molecular flexibility index (Phi) is 7.44. The summed E-state index contributed by atoms with van der Waals surface area (Å²) in [4.78, 5) is 11.9. The predicted octanol–water partition coefficient (Wildman–Crippen LogP) is 3.24. The predicted molar refractivity (Wildman–Crippen MR) is 125 cm³/mol. The van der Waals surface area contributed by atoms with Crippen molar-refractivity contribution in [3.8, 4) is 0 Å². The van der Waals surface area contributed by atoms with Gasteiger partial charge in [0.15, 0.2) is 0 Å². The van der Waals surface area contributed by atoms with Crippen molar-refractivity contribution in [2.24, 2.45) is 0 Å². The van der Waals surface area contributed by atoms with E-state index >= 15 is 0 Å². The number of alkyl carbamates (subject to hydrolysis) is 1. The standard InChI is InChI=1S/C22H39N5O4S/c1-15(2)23-21(28)31-18-8-7-16(13-18)19-14-20(27(25-19)22(3,4)5)24-17-9-11-26(12-10-17)32(6,29)30/h14-18,24H,7-13H2,1-6H3,(H,23,28)/t16-,18+/m0/s1. The van der Waals surface area contributed by atoms with Crippen molar-refractivity contribution in [2.75, 3.05) is 24.7 Å². The van der Waals surface area contributed by atoms with Gasteiger partial charge in [0, 0.05) is 37.2 Å². The summed E-state index contributed by atoms with van der Waals surface area (Å²) in [5, 5.41) is 11.3. The molecule has 9 nitrogen and oxygen atoms in total. The molecule has 1 aromatic rings. The van der Waals surface area contributed by atoms with Gasteiger partial charge >= 0.3 is 6.09 Å². The van der Waals surface area contributed by atoms with Crippen molar-refractivity contribution in [3.63, 3.8) is 0 Å². The van der Waals surface area contributed by atoms with Gasteiger partial charge in [-0.3, -0.25) is 0 Å². The number of carbonyl (C=O) groups is 1. The van der Waals surface area contributed by atoms with E-state index in [9.17, 15) is 13.2 Å². The van der Waals surface area contributed by atoms with E-state index in [1.807, 2.05) is 18.5 Å². The fourth-order valence-corrected chi connectivity index (χ4v) is 5.36. The van der Waals surface area contributed by atoms with Gasteiger partial charge in [-0.25, -0.2) is 22.2 Å². The second-order valence-corrected chi connectivity index (χ2v) is 12.4. The number of anilines is 1. The van der Waals surface area contributed by atoms with Crippen LogP contribution in [0.25, 0.3) is 0 Å². The average molecular weight is 470 g/mol. The molecule has 1 saturated carbocycles. The van der Waals surface area contributed by atoms with Crippen LogP contribution >= 0.6 is 0 Å². The fourth-order valence-electron chi connectivity index (χ4n) is 4.49. The van der Waals surface area contributed by atoms with Gasteiger partial charge in [-0.05, 0) is 66.7 Å². The molecule has 1 amide bonds. The molecule has 2 heterocycles. The van der Waals surface area contributed by atoms with Gasteiger partial charge in [0.25, 0.3) is 0 Å². The summed E-state index contributed by atoms with van der Waals surface area (Å²) >= 11 is 0. The van der Waals surface area contributed by atoms with E-state index < -0.39 is 10.0 Å². The maximum atomic E-state index is 11.9. The maximum absolute atomic E-state index is 11.9. The highest BCUT2D eigenvalue weighted by Crippen LogP contribution is 2.37. The minimum atomic E-state index is -3.13. The Morgan fingerprint density at radius 2 is 1.84 bits per heavy atom. The van der Waals surface area contributed by atoms with Gasteiger partial charge in [-0.1, -0.05) is 0 Å². The molecule has 1 aromatic heterocycles. The lowest BCUT2D eigenvalue weighted by Gasteiger charge is -2.32. The molecule has 0 bridgehead atoms. The molecule has 2 fully saturated rings. The van der Waals surface area contributed by atoms with Crippen molar-refractivity contribution in [1.29, 1.82) is 0 Å². The van der Waals surface area contributed by atoms with Crippen LogP contribution in [0.4, 0.5) is 10.6 Å². The zero-order chi connectivity index (χ0) is 23.7. The van der Waals surface area contributed by atoms with Crippen molar-refractivity contribution in [3.05, 3.63) is 11.8 Å². The molecule has 0 spiro atoms. The van der Waals surface area contributed by atoms with E-state index in [2.05, 4.69) is 37.5 Å². The van der Waals surface area contributed by atoms with Crippen LogP contribution in [0.2, 0.25) is 0 Å². The lowest BCUT2D eigenvalue weighted by molar-refractivity contribution is 0.0981. The number of piperidine rings is 1. The van der Waals surface area contributed by atoms with Crippen LogP contribution in [0.5, 0.6) is 0 Å². The Morgan fingerprint density at radius 3 is 2.41 bits per heavy atom. The number of sulfonamides is 1. The highest BCUT2D eigenvalue weighted by molar-refractivity contribution is 7.88. The summed E-state index contributed by atoms with van der Waals surface area (Å²) < 4.78 is 32.7. The van der Waals surface area contributed by atoms with Crippen molar-refractivity contribution >= 4 is 21.9 Å². The smallest absolute Gasteiger partial charge is 0.407 e. The summed E-state index contributed by atoms with van der Waals surface area (Å²) in [6, 6.07) is 2.38. The van der Waals surface area contributed by atoms with E-state index in [4.69, 9.17) is 9.84 Å². The summed E-state index contributed by atoms with van der Waals surface area (Å²) in [5.41, 5.74) is 0.825. The van der Waals surface area contributed by atoms with Crippen LogP contribution in [0.15, 0.2) is 6.07 Å². The maximum Gasteiger partial charge on any atom is 0.407 e. The number of aromatic nitrogens is 2. The Bertz CT molecular complexity index is 898. The third kappa shape index (κ3) is 6.37. The first-order chi connectivity index (χ1) is 14.8. The second-order valence-electron chi connectivity index (χ2n) is 10.5. The van der Waals surface area contributed by atoms with Crippen LogP contribution < -0.4 is 10.6 Å². The van der Waals surface area contributed by atoms with Crippen LogP contribution in [0.1, 0.15) is 78.3 Å². The van der Waals surface area contributed by atoms with Crippen LogP contribution in [0.3, 0.4) is 0 Å². The fraction of sp³-hybridized carbons (Fsp3) is 0.818. The average Bonchev–Trinajstić information content (AvgIpc) is 3.27. The minimum Gasteiger partial charge on any atom is -0.446 e. The Balaban J connectivity index is 1.66. The Labute approximate surface area is 192 Å². The molecule has 0 unspecified atom stereocenters. The zero-order valence-corrected chi connectivity index (χ0v) is 21.0. The number of hydrogen-bond donors (Lipinski definition) is 2. The quantitative estimate of drug-likeness (QED) is 0.663. The molecule has 2 atom stereocenters. The number of hydrogen-bond acceptors (Lipinski definition) is 6. The number of nitrogens with zero attached hydrogens (tertiary/aromatic N) is 3. The van der Waals surface area contributed by atoms with E-state index in [0.29, 0.717) is 13.1 Å². The van der Waals surface area contributed by atoms with Crippen LogP contribution in [-0.2, 0) is 20.3 Å². The summed E-state index contributed by atoms with van der Waals surface area (Å²) in [7, 11) is -3.13. The largest absolute Gasteiger partial charge is 0.446 e. The third-order valence-corrected chi connectivity index (χ3v) is 7.42. The normalized spacial score (nSPS) is 23.5. The molecular weight excluding hydrogens is 430 g/mol. The van der Waals surface area contributed by atoms with Crippen molar-refractivity contribution < 1.29 is 17.9 Å². The minimum absolute atomic E-state index is 0.0557. The van der Waals surface area contributed by atoms with E-state index in [1.165, 1.54) is 6.26 Å². The van der Waals surface area contributed by atoms with E-state index in [0.717, 1.165) is 43.6 Å². The molecule has 0 radical (unpaired) electrons. The molecule has 10 heteroatoms. The first-order valence-electron chi connectivity index (χ1n) is 11.6. The lowest BCUT2D eigenvalue weighted by atomic mass is 10.0. The molecule has 2 N–H and O–H groups in total. The van der Waals surface area contributed by atoms with Gasteiger partial charge in [-0.15, -0.1) is 0 Å². The van der Waals surface area contributed by atoms with E-state index in [-0.39, 0.29) is 35.7 Å². The molecule has 1 saturated heterocycles. The number of amides is 1. The third-order valence-electron chi connectivity index (χ3n) is 6.12. The van der Waals surface area contributed by atoms with Crippen LogP contribution in [0, 0.1) is 0 Å². The summed E-state index contributed by atoms with van der Waals surface area (Å²) in [6.45, 7) is 11.3. The Morgan fingerprint density at radius 1 is 1.19 bits per heavy atom. The number of nitrogens with one attached hydrogen (secondary N) is 2. The Hall–Kier alpha value is -1.81. The van der Waals surface area contributed by atoms with Gasteiger partial charge in [0.2, 0.25) is 10.0 Å². The monoisotopic (exact) mass is 469 g/mol. The molecule has 1 aliphatic heterocycles. The van der Waals surface area contributed by atoms with Gasteiger partial charge < -0.3 is 15.4 Å². The number of ether oxygens (including phenoxy) is 1. The topological polar surface area (TPSA) is 106 Å².